The summed E-state index contributed by atoms with van der Waals surface area (Å²) in [4.78, 5) is 21.7. The van der Waals surface area contributed by atoms with Gasteiger partial charge in [0.05, 0.1) is 16.6 Å². The highest BCUT2D eigenvalue weighted by Gasteiger charge is 2.28. The van der Waals surface area contributed by atoms with Crippen LogP contribution in [0.3, 0.4) is 0 Å². The number of amides is 2. The summed E-state index contributed by atoms with van der Waals surface area (Å²) in [6, 6.07) is 13.5. The Labute approximate surface area is 187 Å². The third-order valence-corrected chi connectivity index (χ3v) is 6.57. The molecule has 2 amide bonds. The van der Waals surface area contributed by atoms with Crippen molar-refractivity contribution in [3.05, 3.63) is 53.4 Å². The predicted octanol–water partition coefficient (Wildman–Crippen LogP) is 5.88. The number of para-hydroxylation sites is 2. The molecule has 162 valence electrons. The number of rotatable bonds is 3. The van der Waals surface area contributed by atoms with Gasteiger partial charge in [0.1, 0.15) is 5.52 Å². The maximum atomic E-state index is 12.9. The van der Waals surface area contributed by atoms with Crippen LogP contribution < -0.4 is 10.2 Å². The summed E-state index contributed by atoms with van der Waals surface area (Å²) >= 11 is 6.55. The molecule has 6 nitrogen and oxygen atoms in total. The molecule has 1 unspecified atom stereocenters. The van der Waals surface area contributed by atoms with E-state index in [-0.39, 0.29) is 11.9 Å². The van der Waals surface area contributed by atoms with E-state index in [1.54, 1.807) is 0 Å². The van der Waals surface area contributed by atoms with E-state index >= 15 is 0 Å². The topological polar surface area (TPSA) is 61.6 Å². The zero-order valence-electron chi connectivity index (χ0n) is 17.5. The van der Waals surface area contributed by atoms with Crippen LogP contribution in [0.25, 0.3) is 11.1 Å². The van der Waals surface area contributed by atoms with Crippen LogP contribution in [0.15, 0.2) is 46.9 Å². The van der Waals surface area contributed by atoms with E-state index in [2.05, 4.69) is 15.2 Å². The molecule has 1 atom stereocenters. The number of nitrogens with zero attached hydrogens (tertiary/aromatic N) is 3. The highest BCUT2D eigenvalue weighted by atomic mass is 35.5. The van der Waals surface area contributed by atoms with Crippen LogP contribution in [0, 0.1) is 0 Å². The lowest BCUT2D eigenvalue weighted by atomic mass is 9.98. The second kappa shape index (κ2) is 8.79. The first-order valence-electron chi connectivity index (χ1n) is 11.1. The molecular formula is C24H27ClN4O2. The molecule has 2 aliphatic rings. The molecule has 0 bridgehead atoms. The van der Waals surface area contributed by atoms with E-state index in [9.17, 15) is 4.79 Å². The van der Waals surface area contributed by atoms with E-state index in [1.807, 2.05) is 47.4 Å². The van der Waals surface area contributed by atoms with Crippen molar-refractivity contribution in [3.63, 3.8) is 0 Å². The average Bonchev–Trinajstić information content (AvgIpc) is 3.24. The number of piperidine rings is 2. The van der Waals surface area contributed by atoms with Crippen molar-refractivity contribution in [2.45, 2.75) is 38.0 Å². The Kier molecular flexibility index (Phi) is 5.72. The number of likely N-dealkylation sites (tertiary alicyclic amines) is 1. The number of oxazole rings is 1. The Morgan fingerprint density at radius 2 is 1.90 bits per heavy atom. The molecule has 2 aromatic carbocycles. The number of hydrogen-bond donors (Lipinski definition) is 1. The molecule has 0 radical (unpaired) electrons. The Balaban J connectivity index is 1.25. The lowest BCUT2D eigenvalue weighted by Gasteiger charge is -2.31. The number of anilines is 2. The molecule has 3 aromatic rings. The van der Waals surface area contributed by atoms with Crippen LogP contribution in [-0.2, 0) is 0 Å². The van der Waals surface area contributed by atoms with Crippen LogP contribution in [-0.4, -0.2) is 42.1 Å². The maximum Gasteiger partial charge on any atom is 0.321 e. The highest BCUT2D eigenvalue weighted by Crippen LogP contribution is 2.32. The molecule has 7 heteroatoms. The second-order valence-corrected chi connectivity index (χ2v) is 8.86. The average molecular weight is 439 g/mol. The number of nitrogens with one attached hydrogen (secondary N) is 1. The molecule has 0 saturated carbocycles. The van der Waals surface area contributed by atoms with E-state index in [4.69, 9.17) is 16.0 Å². The number of carbonyl (C=O) groups excluding carboxylic acids is 1. The first-order valence-corrected chi connectivity index (χ1v) is 11.5. The smallest absolute Gasteiger partial charge is 0.321 e. The van der Waals surface area contributed by atoms with Crippen molar-refractivity contribution in [2.75, 3.05) is 36.4 Å². The van der Waals surface area contributed by atoms with Gasteiger partial charge in [0.15, 0.2) is 11.5 Å². The predicted molar refractivity (Wildman–Crippen MR) is 124 cm³/mol. The van der Waals surface area contributed by atoms with Crippen molar-refractivity contribution in [2.24, 2.45) is 0 Å². The van der Waals surface area contributed by atoms with Gasteiger partial charge in [-0.15, -0.1) is 0 Å². The lowest BCUT2D eigenvalue weighted by molar-refractivity contribution is 0.187. The van der Waals surface area contributed by atoms with Gasteiger partial charge < -0.3 is 19.5 Å². The molecule has 2 aliphatic heterocycles. The summed E-state index contributed by atoms with van der Waals surface area (Å²) in [7, 11) is 0. The molecule has 0 spiro atoms. The van der Waals surface area contributed by atoms with Crippen molar-refractivity contribution in [1.82, 2.24) is 9.88 Å². The Bertz CT molecular complexity index is 1040. The summed E-state index contributed by atoms with van der Waals surface area (Å²) in [5.74, 6) is 0.824. The molecular weight excluding hydrogens is 412 g/mol. The minimum absolute atomic E-state index is 0.108. The monoisotopic (exact) mass is 438 g/mol. The molecule has 5 rings (SSSR count). The van der Waals surface area contributed by atoms with Gasteiger partial charge in [-0.1, -0.05) is 23.7 Å². The zero-order chi connectivity index (χ0) is 21.2. The Hall–Kier alpha value is -2.73. The number of urea groups is 1. The van der Waals surface area contributed by atoms with Gasteiger partial charge >= 0.3 is 6.03 Å². The van der Waals surface area contributed by atoms with Crippen LogP contribution in [0.4, 0.5) is 16.2 Å². The van der Waals surface area contributed by atoms with Gasteiger partial charge in [-0.25, -0.2) is 9.78 Å². The third-order valence-electron chi connectivity index (χ3n) is 6.26. The summed E-state index contributed by atoms with van der Waals surface area (Å²) < 4.78 is 5.95. The molecule has 31 heavy (non-hydrogen) atoms. The normalized spacial score (nSPS) is 19.6. The van der Waals surface area contributed by atoms with Crippen LogP contribution in [0.2, 0.25) is 5.02 Å². The fourth-order valence-electron chi connectivity index (χ4n) is 4.61. The number of hydrogen-bond acceptors (Lipinski definition) is 4. The number of halogens is 1. The third kappa shape index (κ3) is 4.35. The van der Waals surface area contributed by atoms with E-state index in [1.165, 1.54) is 19.3 Å². The van der Waals surface area contributed by atoms with Gasteiger partial charge in [-0.2, -0.15) is 0 Å². The highest BCUT2D eigenvalue weighted by molar-refractivity contribution is 6.33. The SMILES string of the molecule is O=C(Nc1ccc(N2CCCCC2)c(Cl)c1)N1CCCC(c2nc3ccccc3o2)C1. The largest absolute Gasteiger partial charge is 0.440 e. The van der Waals surface area contributed by atoms with E-state index < -0.39 is 0 Å². The van der Waals surface area contributed by atoms with Gasteiger partial charge in [-0.05, 0) is 62.4 Å². The second-order valence-electron chi connectivity index (χ2n) is 8.45. The summed E-state index contributed by atoms with van der Waals surface area (Å²) in [5, 5.41) is 3.70. The van der Waals surface area contributed by atoms with E-state index in [0.717, 1.165) is 55.0 Å². The van der Waals surface area contributed by atoms with Gasteiger partial charge in [-0.3, -0.25) is 0 Å². The van der Waals surface area contributed by atoms with Gasteiger partial charge in [0, 0.05) is 31.9 Å². The fraction of sp³-hybridized carbons (Fsp3) is 0.417. The van der Waals surface area contributed by atoms with Crippen molar-refractivity contribution in [1.29, 1.82) is 0 Å². The Morgan fingerprint density at radius 1 is 1.06 bits per heavy atom. The minimum Gasteiger partial charge on any atom is -0.440 e. The van der Waals surface area contributed by atoms with E-state index in [0.29, 0.717) is 17.5 Å². The Morgan fingerprint density at radius 3 is 2.71 bits per heavy atom. The molecule has 2 saturated heterocycles. The van der Waals surface area contributed by atoms with Gasteiger partial charge in [0.25, 0.3) is 0 Å². The minimum atomic E-state index is -0.109. The number of benzene rings is 2. The quantitative estimate of drug-likeness (QED) is 0.554. The number of aromatic nitrogens is 1. The first kappa shape index (κ1) is 20.2. The standard InChI is InChI=1S/C24H27ClN4O2/c25-19-15-18(10-11-21(19)28-12-4-1-5-13-28)26-24(30)29-14-6-7-17(16-29)23-27-20-8-2-3-9-22(20)31-23/h2-3,8-11,15,17H,1,4-7,12-14,16H2,(H,26,30). The molecule has 3 heterocycles. The summed E-state index contributed by atoms with van der Waals surface area (Å²) in [6.45, 7) is 3.40. The molecule has 2 fully saturated rings. The van der Waals surface area contributed by atoms with Crippen LogP contribution in [0.5, 0.6) is 0 Å². The number of carbonyl (C=O) groups is 1. The van der Waals surface area contributed by atoms with Crippen molar-refractivity contribution >= 4 is 40.1 Å². The van der Waals surface area contributed by atoms with Crippen LogP contribution in [0.1, 0.15) is 43.9 Å². The van der Waals surface area contributed by atoms with Crippen LogP contribution >= 0.6 is 11.6 Å². The number of fused-ring (bicyclic) bond motifs is 1. The molecule has 1 N–H and O–H groups in total. The first-order chi connectivity index (χ1) is 15.2. The maximum absolute atomic E-state index is 12.9. The lowest BCUT2D eigenvalue weighted by Crippen LogP contribution is -2.41. The van der Waals surface area contributed by atoms with Crippen molar-refractivity contribution in [3.8, 4) is 0 Å². The summed E-state index contributed by atoms with van der Waals surface area (Å²) in [6.07, 6.45) is 5.57. The van der Waals surface area contributed by atoms with Crippen molar-refractivity contribution < 1.29 is 9.21 Å². The van der Waals surface area contributed by atoms with Gasteiger partial charge in [0.2, 0.25) is 0 Å². The molecule has 1 aromatic heterocycles. The fourth-order valence-corrected chi connectivity index (χ4v) is 4.91. The molecule has 0 aliphatic carbocycles. The zero-order valence-corrected chi connectivity index (χ0v) is 18.3. The summed E-state index contributed by atoms with van der Waals surface area (Å²) in [5.41, 5.74) is 3.43.